The Morgan fingerprint density at radius 1 is 0.667 bits per heavy atom. The Morgan fingerprint density at radius 3 is 1.62 bits per heavy atom. The number of carboxylic acids is 1. The van der Waals surface area contributed by atoms with Crippen molar-refractivity contribution in [3.05, 3.63) is 24.3 Å². The molecule has 0 saturated carbocycles. The first kappa shape index (κ1) is 22.9. The number of carbonyl (C=O) groups is 1. The lowest BCUT2D eigenvalue weighted by atomic mass is 10.1. The first-order chi connectivity index (χ1) is 11.8. The van der Waals surface area contributed by atoms with Crippen molar-refractivity contribution in [1.29, 1.82) is 0 Å². The van der Waals surface area contributed by atoms with Crippen molar-refractivity contribution in [2.75, 3.05) is 0 Å². The summed E-state index contributed by atoms with van der Waals surface area (Å²) in [5.74, 6) is -0.663. The summed E-state index contributed by atoms with van der Waals surface area (Å²) in [5, 5.41) is 8.55. The maximum absolute atomic E-state index is 10.4. The smallest absolute Gasteiger partial charge is 0.303 e. The van der Waals surface area contributed by atoms with Crippen molar-refractivity contribution >= 4 is 5.97 Å². The third-order valence-electron chi connectivity index (χ3n) is 4.34. The monoisotopic (exact) mass is 336 g/mol. The molecule has 0 aromatic carbocycles. The normalized spacial score (nSPS) is 11.7. The SMILES string of the molecule is CCCCCCCC=CCC=CCCCCCCCCCC(=O)O. The van der Waals surface area contributed by atoms with Gasteiger partial charge in [0.25, 0.3) is 0 Å². The van der Waals surface area contributed by atoms with E-state index in [0.29, 0.717) is 6.42 Å². The number of hydrogen-bond donors (Lipinski definition) is 1. The van der Waals surface area contributed by atoms with Crippen molar-refractivity contribution in [2.24, 2.45) is 0 Å². The highest BCUT2D eigenvalue weighted by Crippen LogP contribution is 2.10. The first-order valence-corrected chi connectivity index (χ1v) is 10.3. The standard InChI is InChI=1S/C22H40O2/c1-2-3-4-5-6-7-8-9-10-11-12-13-14-15-16-17-18-19-20-21-22(23)24/h8-9,11-12H,2-7,10,13-21H2,1H3,(H,23,24). The topological polar surface area (TPSA) is 37.3 Å². The van der Waals surface area contributed by atoms with Crippen LogP contribution in [0, 0.1) is 0 Å². The Morgan fingerprint density at radius 2 is 1.12 bits per heavy atom. The van der Waals surface area contributed by atoms with Crippen molar-refractivity contribution in [3.8, 4) is 0 Å². The van der Waals surface area contributed by atoms with Crippen molar-refractivity contribution in [1.82, 2.24) is 0 Å². The summed E-state index contributed by atoms with van der Waals surface area (Å²) in [6, 6.07) is 0. The lowest BCUT2D eigenvalue weighted by Crippen LogP contribution is -1.93. The number of rotatable bonds is 18. The van der Waals surface area contributed by atoms with Gasteiger partial charge in [-0.3, -0.25) is 4.79 Å². The van der Waals surface area contributed by atoms with Gasteiger partial charge < -0.3 is 5.11 Å². The molecular formula is C22H40O2. The van der Waals surface area contributed by atoms with Crippen molar-refractivity contribution in [2.45, 2.75) is 110 Å². The van der Waals surface area contributed by atoms with Gasteiger partial charge in [-0.15, -0.1) is 0 Å². The minimum atomic E-state index is -0.663. The van der Waals surface area contributed by atoms with Crippen LogP contribution in [0.15, 0.2) is 24.3 Å². The maximum atomic E-state index is 10.4. The molecule has 0 rings (SSSR count). The molecule has 0 heterocycles. The Hall–Kier alpha value is -1.05. The van der Waals surface area contributed by atoms with Crippen LogP contribution in [-0.2, 0) is 4.79 Å². The van der Waals surface area contributed by atoms with E-state index >= 15 is 0 Å². The number of aliphatic carboxylic acids is 1. The molecule has 0 aliphatic carbocycles. The molecule has 140 valence electrons. The molecule has 0 amide bonds. The zero-order valence-electron chi connectivity index (χ0n) is 16.0. The van der Waals surface area contributed by atoms with Crippen LogP contribution >= 0.6 is 0 Å². The summed E-state index contributed by atoms with van der Waals surface area (Å²) in [6.07, 6.45) is 28.2. The summed E-state index contributed by atoms with van der Waals surface area (Å²) in [7, 11) is 0. The molecule has 0 saturated heterocycles. The van der Waals surface area contributed by atoms with Crippen LogP contribution in [0.1, 0.15) is 110 Å². The van der Waals surface area contributed by atoms with E-state index in [-0.39, 0.29) is 0 Å². The van der Waals surface area contributed by atoms with Gasteiger partial charge in [-0.1, -0.05) is 89.0 Å². The second kappa shape index (κ2) is 20.0. The highest BCUT2D eigenvalue weighted by molar-refractivity contribution is 5.66. The molecule has 0 fully saturated rings. The summed E-state index contributed by atoms with van der Waals surface area (Å²) < 4.78 is 0. The number of hydrogen-bond acceptors (Lipinski definition) is 1. The van der Waals surface area contributed by atoms with Gasteiger partial charge in [-0.25, -0.2) is 0 Å². The van der Waals surface area contributed by atoms with Gasteiger partial charge >= 0.3 is 5.97 Å². The lowest BCUT2D eigenvalue weighted by Gasteiger charge is -2.00. The highest BCUT2D eigenvalue weighted by atomic mass is 16.4. The van der Waals surface area contributed by atoms with Crippen LogP contribution in [0.25, 0.3) is 0 Å². The van der Waals surface area contributed by atoms with Gasteiger partial charge in [0.05, 0.1) is 0 Å². The molecule has 0 aromatic heterocycles. The largest absolute Gasteiger partial charge is 0.481 e. The summed E-state index contributed by atoms with van der Waals surface area (Å²) >= 11 is 0. The highest BCUT2D eigenvalue weighted by Gasteiger charge is 1.96. The van der Waals surface area contributed by atoms with Gasteiger partial charge in [0.15, 0.2) is 0 Å². The van der Waals surface area contributed by atoms with Crippen LogP contribution in [0.4, 0.5) is 0 Å². The number of allylic oxidation sites excluding steroid dienone is 4. The fourth-order valence-corrected chi connectivity index (χ4v) is 2.79. The van der Waals surface area contributed by atoms with E-state index in [0.717, 1.165) is 19.3 Å². The zero-order chi connectivity index (χ0) is 17.7. The van der Waals surface area contributed by atoms with Crippen molar-refractivity contribution in [3.63, 3.8) is 0 Å². The van der Waals surface area contributed by atoms with Gasteiger partial charge in [0, 0.05) is 6.42 Å². The molecule has 0 radical (unpaired) electrons. The van der Waals surface area contributed by atoms with E-state index in [2.05, 4.69) is 31.2 Å². The first-order valence-electron chi connectivity index (χ1n) is 10.3. The van der Waals surface area contributed by atoms with Gasteiger partial charge in [0.2, 0.25) is 0 Å². The Balaban J connectivity index is 3.17. The molecule has 0 aliphatic rings. The van der Waals surface area contributed by atoms with E-state index in [1.165, 1.54) is 77.0 Å². The minimum absolute atomic E-state index is 0.331. The fraction of sp³-hybridized carbons (Fsp3) is 0.773. The third kappa shape index (κ3) is 20.9. The van der Waals surface area contributed by atoms with Crippen molar-refractivity contribution < 1.29 is 9.90 Å². The average molecular weight is 337 g/mol. The number of unbranched alkanes of at least 4 members (excludes halogenated alkanes) is 12. The zero-order valence-corrected chi connectivity index (χ0v) is 16.0. The average Bonchev–Trinajstić information content (AvgIpc) is 2.56. The summed E-state index contributed by atoms with van der Waals surface area (Å²) in [5.41, 5.74) is 0. The molecule has 2 nitrogen and oxygen atoms in total. The van der Waals surface area contributed by atoms with Gasteiger partial charge in [-0.05, 0) is 38.5 Å². The quantitative estimate of drug-likeness (QED) is 0.208. The minimum Gasteiger partial charge on any atom is -0.481 e. The van der Waals surface area contributed by atoms with Crippen LogP contribution < -0.4 is 0 Å². The molecule has 0 atom stereocenters. The lowest BCUT2D eigenvalue weighted by molar-refractivity contribution is -0.137. The predicted molar refractivity (Wildman–Crippen MR) is 105 cm³/mol. The second-order valence-electron chi connectivity index (χ2n) is 6.79. The fourth-order valence-electron chi connectivity index (χ4n) is 2.79. The van der Waals surface area contributed by atoms with Crippen LogP contribution in [-0.4, -0.2) is 11.1 Å². The van der Waals surface area contributed by atoms with E-state index in [1.807, 2.05) is 0 Å². The number of carboxylic acid groups (broad SMARTS) is 1. The van der Waals surface area contributed by atoms with E-state index in [9.17, 15) is 4.79 Å². The van der Waals surface area contributed by atoms with Crippen LogP contribution in [0.3, 0.4) is 0 Å². The molecule has 0 spiro atoms. The molecule has 24 heavy (non-hydrogen) atoms. The molecule has 0 bridgehead atoms. The third-order valence-corrected chi connectivity index (χ3v) is 4.34. The molecule has 2 heteroatoms. The van der Waals surface area contributed by atoms with E-state index in [1.54, 1.807) is 0 Å². The van der Waals surface area contributed by atoms with Gasteiger partial charge in [0.1, 0.15) is 0 Å². The maximum Gasteiger partial charge on any atom is 0.303 e. The predicted octanol–water partition coefficient (Wildman–Crippen LogP) is 7.44. The Bertz CT molecular complexity index is 318. The molecule has 1 N–H and O–H groups in total. The summed E-state index contributed by atoms with van der Waals surface area (Å²) in [4.78, 5) is 10.4. The molecule has 0 aromatic rings. The Kier molecular flexibility index (Phi) is 19.1. The van der Waals surface area contributed by atoms with Crippen LogP contribution in [0.5, 0.6) is 0 Å². The van der Waals surface area contributed by atoms with E-state index in [4.69, 9.17) is 5.11 Å². The molecular weight excluding hydrogens is 296 g/mol. The molecule has 0 aliphatic heterocycles. The second-order valence-corrected chi connectivity index (χ2v) is 6.79. The van der Waals surface area contributed by atoms with Crippen LogP contribution in [0.2, 0.25) is 0 Å². The summed E-state index contributed by atoms with van der Waals surface area (Å²) in [6.45, 7) is 2.26. The van der Waals surface area contributed by atoms with Gasteiger partial charge in [-0.2, -0.15) is 0 Å². The Labute approximate surface area is 150 Å². The van der Waals surface area contributed by atoms with E-state index < -0.39 is 5.97 Å². The molecule has 0 unspecified atom stereocenters.